The van der Waals surface area contributed by atoms with Gasteiger partial charge in [0, 0.05) is 6.54 Å². The highest BCUT2D eigenvalue weighted by molar-refractivity contribution is 7.83. The molecule has 0 aromatic carbocycles. The van der Waals surface area contributed by atoms with Crippen molar-refractivity contribution < 1.29 is 27.9 Å². The number of ether oxygens (including phenoxy) is 1. The molecule has 23 heavy (non-hydrogen) atoms. The SMILES string of the molecule is Nc1ncnc2c1ncn2[C@@H]1O[C@H](CNS(=O)(=O)O)[C@@H](O)[C@H]1O. The van der Waals surface area contributed by atoms with Crippen LogP contribution in [0.4, 0.5) is 5.82 Å². The number of nitrogens with two attached hydrogens (primary N) is 1. The van der Waals surface area contributed by atoms with E-state index in [9.17, 15) is 18.6 Å². The van der Waals surface area contributed by atoms with Crippen LogP contribution in [0.2, 0.25) is 0 Å². The summed E-state index contributed by atoms with van der Waals surface area (Å²) >= 11 is 0. The molecule has 3 rings (SSSR count). The highest BCUT2D eigenvalue weighted by atomic mass is 32.2. The summed E-state index contributed by atoms with van der Waals surface area (Å²) in [6.07, 6.45) is -2.35. The number of aliphatic hydroxyl groups is 2. The van der Waals surface area contributed by atoms with Crippen LogP contribution in [-0.2, 0) is 15.0 Å². The average Bonchev–Trinajstić information content (AvgIpc) is 3.01. The summed E-state index contributed by atoms with van der Waals surface area (Å²) in [7, 11) is -4.44. The van der Waals surface area contributed by atoms with E-state index in [1.165, 1.54) is 17.2 Å². The van der Waals surface area contributed by atoms with Gasteiger partial charge in [0.15, 0.2) is 17.7 Å². The Bertz CT molecular complexity index is 824. The van der Waals surface area contributed by atoms with Crippen LogP contribution in [0.1, 0.15) is 6.23 Å². The lowest BCUT2D eigenvalue weighted by Crippen LogP contribution is -2.39. The van der Waals surface area contributed by atoms with E-state index < -0.39 is 41.4 Å². The molecule has 4 atom stereocenters. The summed E-state index contributed by atoms with van der Waals surface area (Å²) in [5.74, 6) is 0.145. The zero-order valence-electron chi connectivity index (χ0n) is 11.5. The molecular formula is C10H14N6O6S. The fraction of sp³-hybridized carbons (Fsp3) is 0.500. The molecule has 1 aliphatic rings. The van der Waals surface area contributed by atoms with Gasteiger partial charge in [-0.05, 0) is 0 Å². The predicted octanol–water partition coefficient (Wildman–Crippen LogP) is -2.58. The van der Waals surface area contributed by atoms with Crippen LogP contribution in [0.3, 0.4) is 0 Å². The third kappa shape index (κ3) is 2.97. The van der Waals surface area contributed by atoms with Gasteiger partial charge in [-0.15, -0.1) is 0 Å². The van der Waals surface area contributed by atoms with Crippen molar-refractivity contribution in [3.63, 3.8) is 0 Å². The van der Waals surface area contributed by atoms with Gasteiger partial charge in [-0.2, -0.15) is 13.1 Å². The zero-order valence-corrected chi connectivity index (χ0v) is 12.3. The van der Waals surface area contributed by atoms with Crippen molar-refractivity contribution >= 4 is 27.3 Å². The number of aromatic nitrogens is 4. The number of hydrogen-bond donors (Lipinski definition) is 5. The number of nitrogens with zero attached hydrogens (tertiary/aromatic N) is 4. The van der Waals surface area contributed by atoms with Gasteiger partial charge in [0.05, 0.1) is 6.33 Å². The van der Waals surface area contributed by atoms with Gasteiger partial charge >= 0.3 is 10.3 Å². The first kappa shape index (κ1) is 16.0. The van der Waals surface area contributed by atoms with Crippen molar-refractivity contribution in [2.45, 2.75) is 24.5 Å². The Morgan fingerprint density at radius 3 is 2.74 bits per heavy atom. The fourth-order valence-corrected chi connectivity index (χ4v) is 2.75. The molecule has 0 spiro atoms. The fourth-order valence-electron chi connectivity index (χ4n) is 2.37. The lowest BCUT2D eigenvalue weighted by Gasteiger charge is -2.16. The number of aliphatic hydroxyl groups excluding tert-OH is 2. The summed E-state index contributed by atoms with van der Waals surface area (Å²) in [5, 5.41) is 20.1. The van der Waals surface area contributed by atoms with Gasteiger partial charge in [-0.25, -0.2) is 15.0 Å². The van der Waals surface area contributed by atoms with Crippen LogP contribution in [0.5, 0.6) is 0 Å². The highest BCUT2D eigenvalue weighted by Gasteiger charge is 2.44. The molecule has 2 aromatic rings. The minimum atomic E-state index is -4.44. The lowest BCUT2D eigenvalue weighted by molar-refractivity contribution is -0.0331. The van der Waals surface area contributed by atoms with Gasteiger partial charge in [0.25, 0.3) is 0 Å². The number of anilines is 1. The van der Waals surface area contributed by atoms with Crippen molar-refractivity contribution in [1.82, 2.24) is 24.2 Å². The Morgan fingerprint density at radius 2 is 2.04 bits per heavy atom. The second kappa shape index (κ2) is 5.63. The van der Waals surface area contributed by atoms with Gasteiger partial charge in [-0.1, -0.05) is 0 Å². The van der Waals surface area contributed by atoms with Crippen LogP contribution in [0.15, 0.2) is 12.7 Å². The number of fused-ring (bicyclic) bond motifs is 1. The van der Waals surface area contributed by atoms with E-state index in [1.54, 1.807) is 4.72 Å². The number of rotatable bonds is 4. The second-order valence-corrected chi connectivity index (χ2v) is 6.19. The molecule has 0 aliphatic carbocycles. The van der Waals surface area contributed by atoms with Crippen LogP contribution >= 0.6 is 0 Å². The molecule has 1 saturated heterocycles. The Balaban J connectivity index is 1.86. The first-order valence-corrected chi connectivity index (χ1v) is 7.88. The quantitative estimate of drug-likeness (QED) is 0.368. The topological polar surface area (TPSA) is 186 Å². The Kier molecular flexibility index (Phi) is 3.91. The maximum absolute atomic E-state index is 10.7. The van der Waals surface area contributed by atoms with Crippen LogP contribution in [0, 0.1) is 0 Å². The van der Waals surface area contributed by atoms with Gasteiger partial charge in [0.1, 0.15) is 30.2 Å². The molecule has 6 N–H and O–H groups in total. The molecule has 12 nitrogen and oxygen atoms in total. The van der Waals surface area contributed by atoms with E-state index >= 15 is 0 Å². The van der Waals surface area contributed by atoms with E-state index in [4.69, 9.17) is 15.0 Å². The van der Waals surface area contributed by atoms with E-state index in [2.05, 4.69) is 15.0 Å². The van der Waals surface area contributed by atoms with Gasteiger partial charge < -0.3 is 20.7 Å². The summed E-state index contributed by atoms with van der Waals surface area (Å²) in [6.45, 7) is -0.419. The van der Waals surface area contributed by atoms with Gasteiger partial charge in [-0.3, -0.25) is 9.12 Å². The average molecular weight is 346 g/mol. The van der Waals surface area contributed by atoms with Gasteiger partial charge in [0.2, 0.25) is 0 Å². The Labute approximate surface area is 129 Å². The predicted molar refractivity (Wildman–Crippen MR) is 75.2 cm³/mol. The van der Waals surface area contributed by atoms with Crippen molar-refractivity contribution in [1.29, 1.82) is 0 Å². The Morgan fingerprint density at radius 1 is 1.30 bits per heavy atom. The summed E-state index contributed by atoms with van der Waals surface area (Å²) in [6, 6.07) is 0. The first-order chi connectivity index (χ1) is 10.8. The molecule has 3 heterocycles. The van der Waals surface area contributed by atoms with E-state index in [0.29, 0.717) is 5.52 Å². The number of nitrogens with one attached hydrogen (secondary N) is 1. The van der Waals surface area contributed by atoms with Crippen LogP contribution < -0.4 is 10.5 Å². The molecule has 0 saturated carbocycles. The standard InChI is InChI=1S/C10H14N6O6S/c11-8-5-9(13-2-12-8)16(3-14-5)10-7(18)6(17)4(22-10)1-15-23(19,20)21/h2-4,6-7,10,15,17-18H,1H2,(H2,11,12,13)(H,19,20,21)/t4-,6-,7-,10-/m1/s1. The zero-order chi connectivity index (χ0) is 16.8. The molecule has 1 aliphatic heterocycles. The lowest BCUT2D eigenvalue weighted by atomic mass is 10.1. The van der Waals surface area contributed by atoms with E-state index in [0.717, 1.165) is 0 Å². The molecule has 0 amide bonds. The maximum atomic E-state index is 10.7. The monoisotopic (exact) mass is 346 g/mol. The maximum Gasteiger partial charge on any atom is 0.333 e. The summed E-state index contributed by atoms with van der Waals surface area (Å²) in [5.41, 5.74) is 6.26. The minimum absolute atomic E-state index is 0.145. The smallest absolute Gasteiger partial charge is 0.333 e. The van der Waals surface area contributed by atoms with E-state index in [1.807, 2.05) is 0 Å². The minimum Gasteiger partial charge on any atom is -0.387 e. The molecular weight excluding hydrogens is 332 g/mol. The van der Waals surface area contributed by atoms with Crippen molar-refractivity contribution in [3.8, 4) is 0 Å². The second-order valence-electron chi connectivity index (χ2n) is 4.95. The number of imidazole rings is 1. The van der Waals surface area contributed by atoms with Crippen molar-refractivity contribution in [2.75, 3.05) is 12.3 Å². The largest absolute Gasteiger partial charge is 0.387 e. The van der Waals surface area contributed by atoms with Crippen molar-refractivity contribution in [2.24, 2.45) is 0 Å². The number of hydrogen-bond acceptors (Lipinski definition) is 9. The summed E-state index contributed by atoms with van der Waals surface area (Å²) in [4.78, 5) is 11.8. The number of nitrogen functional groups attached to an aromatic ring is 1. The third-order valence-corrected chi connectivity index (χ3v) is 4.00. The molecule has 1 fully saturated rings. The molecule has 0 unspecified atom stereocenters. The molecule has 0 radical (unpaired) electrons. The molecule has 13 heteroatoms. The molecule has 126 valence electrons. The first-order valence-electron chi connectivity index (χ1n) is 6.44. The van der Waals surface area contributed by atoms with Crippen LogP contribution in [0.25, 0.3) is 11.2 Å². The van der Waals surface area contributed by atoms with E-state index in [-0.39, 0.29) is 11.5 Å². The highest BCUT2D eigenvalue weighted by Crippen LogP contribution is 2.31. The Hall–Kier alpha value is -1.90. The van der Waals surface area contributed by atoms with Crippen LogP contribution in [-0.4, -0.2) is 67.6 Å². The molecule has 0 bridgehead atoms. The third-order valence-electron chi connectivity index (χ3n) is 3.47. The molecule has 2 aromatic heterocycles. The van der Waals surface area contributed by atoms with Crippen molar-refractivity contribution in [3.05, 3.63) is 12.7 Å². The summed E-state index contributed by atoms with van der Waals surface area (Å²) < 4.78 is 38.7. The normalized spacial score (nSPS) is 28.5.